The number of esters is 1. The van der Waals surface area contributed by atoms with Gasteiger partial charge in [-0.05, 0) is 24.5 Å². The molecule has 1 fully saturated rings. The van der Waals surface area contributed by atoms with Crippen LogP contribution in [0.15, 0.2) is 71.3 Å². The second kappa shape index (κ2) is 5.59. The maximum absolute atomic E-state index is 13.0. The number of nitrogens with zero attached hydrogens (tertiary/aromatic N) is 1. The molecule has 4 rings (SSSR count). The van der Waals surface area contributed by atoms with E-state index in [0.717, 1.165) is 16.8 Å². The van der Waals surface area contributed by atoms with E-state index in [1.807, 2.05) is 49.4 Å². The molecule has 1 heterocycles. The molecule has 0 spiro atoms. The van der Waals surface area contributed by atoms with Crippen molar-refractivity contribution in [3.8, 4) is 0 Å². The van der Waals surface area contributed by atoms with Gasteiger partial charge in [0.15, 0.2) is 5.76 Å². The quantitative estimate of drug-likeness (QED) is 0.682. The molecule has 1 aliphatic rings. The molecule has 1 aliphatic carbocycles. The summed E-state index contributed by atoms with van der Waals surface area (Å²) >= 11 is 0. The van der Waals surface area contributed by atoms with Crippen LogP contribution in [-0.2, 0) is 20.4 Å². The van der Waals surface area contributed by atoms with Crippen molar-refractivity contribution in [2.24, 2.45) is 0 Å². The fourth-order valence-corrected chi connectivity index (χ4v) is 4.05. The fourth-order valence-electron chi connectivity index (χ4n) is 4.05. The van der Waals surface area contributed by atoms with E-state index in [4.69, 9.17) is 9.26 Å². The van der Waals surface area contributed by atoms with Gasteiger partial charge in [0.2, 0.25) is 0 Å². The van der Waals surface area contributed by atoms with Crippen LogP contribution in [0.1, 0.15) is 29.0 Å². The number of hydrogen-bond acceptors (Lipinski definition) is 4. The van der Waals surface area contributed by atoms with Crippen LogP contribution >= 0.6 is 0 Å². The van der Waals surface area contributed by atoms with E-state index in [2.05, 4.69) is 29.4 Å². The number of aryl methyl sites for hydroxylation is 1. The van der Waals surface area contributed by atoms with Gasteiger partial charge in [-0.2, -0.15) is 0 Å². The van der Waals surface area contributed by atoms with E-state index >= 15 is 0 Å². The van der Waals surface area contributed by atoms with Crippen LogP contribution in [-0.4, -0.2) is 18.2 Å². The Balaban J connectivity index is 1.98. The third-order valence-corrected chi connectivity index (χ3v) is 5.25. The fraction of sp³-hybridized carbons (Fsp3) is 0.238. The van der Waals surface area contributed by atoms with Crippen molar-refractivity contribution in [3.63, 3.8) is 0 Å². The van der Waals surface area contributed by atoms with Crippen LogP contribution in [0.25, 0.3) is 0 Å². The van der Waals surface area contributed by atoms with Gasteiger partial charge in [-0.3, -0.25) is 4.79 Å². The molecule has 0 bridgehead atoms. The minimum atomic E-state index is -0.897. The largest absolute Gasteiger partial charge is 0.468 e. The third kappa shape index (κ3) is 2.07. The first-order valence-corrected chi connectivity index (χ1v) is 8.28. The van der Waals surface area contributed by atoms with E-state index in [0.29, 0.717) is 12.2 Å². The number of rotatable bonds is 4. The lowest BCUT2D eigenvalue weighted by Crippen LogP contribution is -2.32. The van der Waals surface area contributed by atoms with Crippen LogP contribution in [0.2, 0.25) is 0 Å². The smallest absolute Gasteiger partial charge is 0.320 e. The first kappa shape index (κ1) is 15.6. The van der Waals surface area contributed by atoms with Gasteiger partial charge in [-0.15, -0.1) is 0 Å². The van der Waals surface area contributed by atoms with E-state index in [-0.39, 0.29) is 5.97 Å². The summed E-state index contributed by atoms with van der Waals surface area (Å²) in [6, 6.07) is 22.0. The van der Waals surface area contributed by atoms with Crippen molar-refractivity contribution in [1.29, 1.82) is 0 Å². The number of carbonyl (C=O) groups is 1. The molecule has 2 aromatic carbocycles. The van der Waals surface area contributed by atoms with Gasteiger partial charge in [-0.25, -0.2) is 0 Å². The van der Waals surface area contributed by atoms with Gasteiger partial charge in [-0.1, -0.05) is 65.8 Å². The number of hydrogen-bond donors (Lipinski definition) is 0. The number of benzene rings is 2. The molecule has 1 aromatic heterocycles. The van der Waals surface area contributed by atoms with Crippen LogP contribution < -0.4 is 0 Å². The molecule has 0 radical (unpaired) electrons. The van der Waals surface area contributed by atoms with Gasteiger partial charge in [0.1, 0.15) is 5.41 Å². The Morgan fingerprint density at radius 2 is 1.60 bits per heavy atom. The van der Waals surface area contributed by atoms with Crippen LogP contribution in [0.3, 0.4) is 0 Å². The third-order valence-electron chi connectivity index (χ3n) is 5.25. The number of methoxy groups -OCH3 is 1. The highest BCUT2D eigenvalue weighted by atomic mass is 16.5. The van der Waals surface area contributed by atoms with Crippen molar-refractivity contribution in [1.82, 2.24) is 5.16 Å². The highest BCUT2D eigenvalue weighted by Crippen LogP contribution is 2.69. The number of carbonyl (C=O) groups excluding carboxylic acids is 1. The van der Waals surface area contributed by atoms with Crippen LogP contribution in [0.5, 0.6) is 0 Å². The van der Waals surface area contributed by atoms with Gasteiger partial charge in [0.25, 0.3) is 0 Å². The predicted molar refractivity (Wildman–Crippen MR) is 93.2 cm³/mol. The molecule has 0 N–H and O–H groups in total. The minimum Gasteiger partial charge on any atom is -0.468 e. The molecule has 1 atom stereocenters. The molecule has 1 saturated carbocycles. The number of aromatic nitrogens is 1. The molecular formula is C21H19NO3. The Morgan fingerprint density at radius 3 is 2.04 bits per heavy atom. The summed E-state index contributed by atoms with van der Waals surface area (Å²) in [5, 5.41) is 4.01. The van der Waals surface area contributed by atoms with E-state index in [9.17, 15) is 4.79 Å². The summed E-state index contributed by atoms with van der Waals surface area (Å²) in [5.41, 5.74) is 1.47. The highest BCUT2D eigenvalue weighted by Gasteiger charge is 2.77. The molecule has 0 aliphatic heterocycles. The summed E-state index contributed by atoms with van der Waals surface area (Å²) in [5.74, 6) is 0.265. The summed E-state index contributed by atoms with van der Waals surface area (Å²) in [6.07, 6.45) is 0.593. The Hall–Kier alpha value is -2.88. The van der Waals surface area contributed by atoms with Crippen molar-refractivity contribution >= 4 is 5.97 Å². The molecule has 126 valence electrons. The summed E-state index contributed by atoms with van der Waals surface area (Å²) in [7, 11) is 1.42. The lowest BCUT2D eigenvalue weighted by molar-refractivity contribution is -0.144. The Kier molecular flexibility index (Phi) is 3.49. The predicted octanol–water partition coefficient (Wildman–Crippen LogP) is 3.78. The maximum atomic E-state index is 13.0. The first-order chi connectivity index (χ1) is 12.1. The Labute approximate surface area is 146 Å². The second-order valence-electron chi connectivity index (χ2n) is 6.54. The lowest BCUT2D eigenvalue weighted by atomic mass is 9.79. The van der Waals surface area contributed by atoms with Crippen molar-refractivity contribution in [2.75, 3.05) is 7.11 Å². The zero-order valence-corrected chi connectivity index (χ0v) is 14.2. The average molecular weight is 333 g/mol. The van der Waals surface area contributed by atoms with Crippen molar-refractivity contribution in [2.45, 2.75) is 24.2 Å². The van der Waals surface area contributed by atoms with Crippen LogP contribution in [0.4, 0.5) is 0 Å². The summed E-state index contributed by atoms with van der Waals surface area (Å²) in [4.78, 5) is 13.0. The average Bonchev–Trinajstić information content (AvgIpc) is 3.21. The van der Waals surface area contributed by atoms with Crippen molar-refractivity contribution < 1.29 is 14.1 Å². The van der Waals surface area contributed by atoms with E-state index in [1.54, 1.807) is 0 Å². The van der Waals surface area contributed by atoms with Gasteiger partial charge < -0.3 is 9.26 Å². The molecule has 0 saturated heterocycles. The van der Waals surface area contributed by atoms with Crippen LogP contribution in [0, 0.1) is 6.92 Å². The summed E-state index contributed by atoms with van der Waals surface area (Å²) < 4.78 is 10.8. The monoisotopic (exact) mass is 333 g/mol. The standard InChI is InChI=1S/C21H19NO3/c1-15-13-18(25-22-15)21(19(23)24-2)14-20(21,16-9-5-3-6-10-16)17-11-7-4-8-12-17/h3-13H,14H2,1-2H3/t21-/m1/s1. The molecule has 25 heavy (non-hydrogen) atoms. The van der Waals surface area contributed by atoms with Crippen molar-refractivity contribution in [3.05, 3.63) is 89.3 Å². The maximum Gasteiger partial charge on any atom is 0.320 e. The second-order valence-corrected chi connectivity index (χ2v) is 6.54. The zero-order valence-electron chi connectivity index (χ0n) is 14.2. The molecular weight excluding hydrogens is 314 g/mol. The Bertz CT molecular complexity index is 862. The highest BCUT2D eigenvalue weighted by molar-refractivity contribution is 5.92. The topological polar surface area (TPSA) is 52.3 Å². The molecule has 4 nitrogen and oxygen atoms in total. The molecule has 4 heteroatoms. The minimum absolute atomic E-state index is 0.295. The molecule has 3 aromatic rings. The SMILES string of the molecule is COC(=O)[C@]1(c2cc(C)no2)CC1(c1ccccc1)c1ccccc1. The van der Waals surface area contributed by atoms with Gasteiger partial charge >= 0.3 is 5.97 Å². The van der Waals surface area contributed by atoms with Gasteiger partial charge in [0.05, 0.1) is 12.8 Å². The Morgan fingerprint density at radius 1 is 1.04 bits per heavy atom. The molecule has 0 amide bonds. The normalized spacial score (nSPS) is 20.9. The number of ether oxygens (including phenoxy) is 1. The lowest BCUT2D eigenvalue weighted by Gasteiger charge is -2.24. The van der Waals surface area contributed by atoms with E-state index in [1.165, 1.54) is 7.11 Å². The van der Waals surface area contributed by atoms with E-state index < -0.39 is 10.8 Å². The summed E-state index contributed by atoms with van der Waals surface area (Å²) in [6.45, 7) is 1.85. The zero-order chi connectivity index (χ0) is 17.5. The van der Waals surface area contributed by atoms with Gasteiger partial charge in [0, 0.05) is 11.5 Å². The first-order valence-electron chi connectivity index (χ1n) is 8.28. The molecule has 0 unspecified atom stereocenters.